The lowest BCUT2D eigenvalue weighted by Crippen LogP contribution is -2.18. The number of carbonyl (C=O) groups is 2. The minimum absolute atomic E-state index is 0.0458. The molecule has 1 atom stereocenters. The molecular formula is C20H21F3N4O3S3. The summed E-state index contributed by atoms with van der Waals surface area (Å²) in [6.07, 6.45) is 0.786. The van der Waals surface area contributed by atoms with Gasteiger partial charge >= 0.3 is 5.51 Å². The summed E-state index contributed by atoms with van der Waals surface area (Å²) >= 11 is 3.14. The first-order valence-electron chi connectivity index (χ1n) is 9.40. The Kier molecular flexibility index (Phi) is 9.68. The molecule has 7 nitrogen and oxygen atoms in total. The molecule has 1 aromatic carbocycles. The van der Waals surface area contributed by atoms with E-state index in [2.05, 4.69) is 20.6 Å². The normalized spacial score (nSPS) is 11.8. The Morgan fingerprint density at radius 3 is 2.39 bits per heavy atom. The first-order chi connectivity index (χ1) is 15.5. The second-order valence-corrected chi connectivity index (χ2v) is 9.86. The van der Waals surface area contributed by atoms with E-state index in [0.717, 1.165) is 38.5 Å². The minimum Gasteiger partial charge on any atom is -0.365 e. The number of nitrogens with zero attached hydrogens (tertiary/aromatic N) is 2. The van der Waals surface area contributed by atoms with Gasteiger partial charge in [-0.2, -0.15) is 13.2 Å². The molecule has 2 aromatic heterocycles. The zero-order valence-corrected chi connectivity index (χ0v) is 20.3. The van der Waals surface area contributed by atoms with E-state index in [4.69, 9.17) is 0 Å². The zero-order valence-electron chi connectivity index (χ0n) is 17.9. The summed E-state index contributed by atoms with van der Waals surface area (Å²) in [5.74, 6) is -0.0458. The lowest BCUT2D eigenvalue weighted by atomic mass is 10.2. The molecule has 1 unspecified atom stereocenters. The average Bonchev–Trinajstić information content (AvgIpc) is 3.38. The van der Waals surface area contributed by atoms with Crippen molar-refractivity contribution in [3.8, 4) is 10.6 Å². The number of aryl methyl sites for hydroxylation is 1. The summed E-state index contributed by atoms with van der Waals surface area (Å²) in [7, 11) is -1.15. The Balaban J connectivity index is 0.000000238. The van der Waals surface area contributed by atoms with Gasteiger partial charge in [-0.3, -0.25) is 4.79 Å². The third-order valence-corrected chi connectivity index (χ3v) is 7.11. The number of carbonyl (C=O) groups excluding carboxylic acids is 2. The van der Waals surface area contributed by atoms with Gasteiger partial charge in [-0.15, -0.1) is 22.7 Å². The van der Waals surface area contributed by atoms with E-state index in [1.165, 1.54) is 19.1 Å². The quantitative estimate of drug-likeness (QED) is 0.452. The van der Waals surface area contributed by atoms with Gasteiger partial charge in [-0.25, -0.2) is 14.2 Å². The first kappa shape index (κ1) is 26.6. The number of aldehydes is 1. The fourth-order valence-corrected chi connectivity index (χ4v) is 4.79. The highest BCUT2D eigenvalue weighted by Crippen LogP contribution is 2.32. The average molecular weight is 519 g/mol. The Bertz CT molecular complexity index is 1110. The minimum atomic E-state index is -4.74. The lowest BCUT2D eigenvalue weighted by Gasteiger charge is -2.06. The highest BCUT2D eigenvalue weighted by Gasteiger charge is 2.37. The predicted molar refractivity (Wildman–Crippen MR) is 124 cm³/mol. The topological polar surface area (TPSA) is 101 Å². The van der Waals surface area contributed by atoms with Gasteiger partial charge in [0.2, 0.25) is 5.91 Å². The van der Waals surface area contributed by atoms with E-state index in [0.29, 0.717) is 18.4 Å². The van der Waals surface area contributed by atoms with Crippen LogP contribution in [-0.4, -0.2) is 38.9 Å². The van der Waals surface area contributed by atoms with Gasteiger partial charge in [0.15, 0.2) is 15.9 Å². The fraction of sp³-hybridized carbons (Fsp3) is 0.300. The Morgan fingerprint density at radius 1 is 1.21 bits per heavy atom. The molecule has 1 amide bonds. The molecule has 0 bridgehead atoms. The number of aromatic nitrogens is 2. The van der Waals surface area contributed by atoms with Crippen molar-refractivity contribution in [2.24, 2.45) is 0 Å². The summed E-state index contributed by atoms with van der Waals surface area (Å²) in [6, 6.07) is 4.94. The summed E-state index contributed by atoms with van der Waals surface area (Å²) < 4.78 is 46.9. The monoisotopic (exact) mass is 518 g/mol. The van der Waals surface area contributed by atoms with Crippen molar-refractivity contribution in [1.29, 1.82) is 0 Å². The molecule has 3 aromatic rings. The Morgan fingerprint density at radius 2 is 1.88 bits per heavy atom. The second kappa shape index (κ2) is 12.0. The molecular weight excluding hydrogens is 497 g/mol. The molecule has 0 aliphatic rings. The highest BCUT2D eigenvalue weighted by molar-refractivity contribution is 7.86. The molecule has 0 radical (unpaired) electrons. The van der Waals surface area contributed by atoms with Crippen LogP contribution in [0.1, 0.15) is 23.2 Å². The van der Waals surface area contributed by atoms with Crippen LogP contribution in [0, 0.1) is 6.92 Å². The molecule has 0 aliphatic heterocycles. The zero-order chi connectivity index (χ0) is 24.6. The summed E-state index contributed by atoms with van der Waals surface area (Å²) in [5, 5.41) is 9.57. The van der Waals surface area contributed by atoms with Crippen LogP contribution in [0.3, 0.4) is 0 Å². The third-order valence-electron chi connectivity index (χ3n) is 3.95. The maximum atomic E-state index is 12.0. The molecule has 13 heteroatoms. The van der Waals surface area contributed by atoms with Crippen LogP contribution in [-0.2, 0) is 33.4 Å². The molecule has 3 rings (SSSR count). The second-order valence-electron chi connectivity index (χ2n) is 6.45. The number of hydrogen-bond acceptors (Lipinski definition) is 8. The predicted octanol–water partition coefficient (Wildman–Crippen LogP) is 4.31. The Labute approximate surface area is 198 Å². The smallest absolute Gasteiger partial charge is 0.365 e. The molecule has 33 heavy (non-hydrogen) atoms. The number of alkyl halides is 3. The first-order valence-corrected chi connectivity index (χ1v) is 12.2. The van der Waals surface area contributed by atoms with E-state index in [9.17, 15) is 27.0 Å². The molecule has 0 aliphatic carbocycles. The lowest BCUT2D eigenvalue weighted by molar-refractivity contribution is -0.119. The Hall–Kier alpha value is -2.64. The van der Waals surface area contributed by atoms with Crippen LogP contribution in [0.15, 0.2) is 34.5 Å². The maximum absolute atomic E-state index is 12.0. The van der Waals surface area contributed by atoms with Crippen LogP contribution in [0.25, 0.3) is 10.6 Å². The van der Waals surface area contributed by atoms with E-state index in [1.807, 2.05) is 19.4 Å². The number of halogens is 3. The van der Waals surface area contributed by atoms with Crippen molar-refractivity contribution in [3.05, 3.63) is 45.9 Å². The van der Waals surface area contributed by atoms with E-state index in [-0.39, 0.29) is 17.2 Å². The number of nitrogens with one attached hydrogen (secondary N) is 2. The van der Waals surface area contributed by atoms with Crippen molar-refractivity contribution in [2.75, 3.05) is 12.4 Å². The molecule has 0 saturated heterocycles. The largest absolute Gasteiger partial charge is 0.475 e. The third kappa shape index (κ3) is 8.02. The van der Waals surface area contributed by atoms with Crippen LogP contribution >= 0.6 is 22.7 Å². The van der Waals surface area contributed by atoms with E-state index < -0.39 is 16.3 Å². The van der Waals surface area contributed by atoms with Gasteiger partial charge in [0.25, 0.3) is 0 Å². The number of anilines is 1. The number of benzene rings is 1. The van der Waals surface area contributed by atoms with E-state index >= 15 is 0 Å². The van der Waals surface area contributed by atoms with Gasteiger partial charge in [-0.1, -0.05) is 12.1 Å². The number of hydrogen-bond donors (Lipinski definition) is 2. The molecule has 2 heterocycles. The van der Waals surface area contributed by atoms with Crippen LogP contribution in [0.4, 0.5) is 18.3 Å². The van der Waals surface area contributed by atoms with E-state index in [1.54, 1.807) is 22.7 Å². The van der Waals surface area contributed by atoms with Gasteiger partial charge in [0.1, 0.15) is 11.3 Å². The summed E-state index contributed by atoms with van der Waals surface area (Å²) in [4.78, 5) is 30.6. The SMILES string of the molecule is CNc1nc(-c2sc(CNC(C)=O)nc2C)cs1.O=CCc1ccc(S(=O)C(F)(F)F)cc1. The van der Waals surface area contributed by atoms with Crippen molar-refractivity contribution in [2.45, 2.75) is 37.2 Å². The number of thiazole rings is 2. The van der Waals surface area contributed by atoms with Crippen molar-refractivity contribution >= 4 is 50.8 Å². The van der Waals surface area contributed by atoms with Crippen LogP contribution in [0.5, 0.6) is 0 Å². The van der Waals surface area contributed by atoms with Crippen molar-refractivity contribution in [1.82, 2.24) is 15.3 Å². The molecule has 0 fully saturated rings. The van der Waals surface area contributed by atoms with Gasteiger partial charge in [0.05, 0.1) is 22.8 Å². The number of rotatable bonds is 7. The summed E-state index contributed by atoms with van der Waals surface area (Å²) in [5.41, 5.74) is -2.26. The molecule has 0 saturated carbocycles. The fourth-order valence-electron chi connectivity index (χ4n) is 2.44. The van der Waals surface area contributed by atoms with Crippen molar-refractivity contribution < 1.29 is 27.0 Å². The highest BCUT2D eigenvalue weighted by atomic mass is 32.2. The van der Waals surface area contributed by atoms with Crippen LogP contribution in [0.2, 0.25) is 0 Å². The van der Waals surface area contributed by atoms with Crippen LogP contribution < -0.4 is 10.6 Å². The standard InChI is InChI=1S/C11H14N4OS2.C9H7F3O2S/c1-6-10(8-5-17-11(12-3)15-8)18-9(14-6)4-13-7(2)16;10-9(11,12)15(14)8-3-1-7(2-4-8)5-6-13/h5H,4H2,1-3H3,(H,12,15)(H,13,16);1-4,6H,5H2. The molecule has 178 valence electrons. The molecule has 0 spiro atoms. The number of amides is 1. The van der Waals surface area contributed by atoms with Crippen molar-refractivity contribution in [3.63, 3.8) is 0 Å². The van der Waals surface area contributed by atoms with Gasteiger partial charge in [-0.05, 0) is 24.6 Å². The van der Waals surface area contributed by atoms with Gasteiger partial charge in [0, 0.05) is 30.7 Å². The van der Waals surface area contributed by atoms with Gasteiger partial charge < -0.3 is 15.4 Å². The summed E-state index contributed by atoms with van der Waals surface area (Å²) in [6.45, 7) is 3.94. The molecule has 2 N–H and O–H groups in total. The maximum Gasteiger partial charge on any atom is 0.475 e.